The molecule has 0 radical (unpaired) electrons. The van der Waals surface area contributed by atoms with E-state index in [1.165, 1.54) is 28.7 Å². The molecule has 10 heteroatoms. The van der Waals surface area contributed by atoms with Gasteiger partial charge in [0.2, 0.25) is 11.8 Å². The lowest BCUT2D eigenvalue weighted by atomic mass is 9.97. The van der Waals surface area contributed by atoms with Gasteiger partial charge in [0.15, 0.2) is 0 Å². The van der Waals surface area contributed by atoms with Gasteiger partial charge in [-0.3, -0.25) is 14.8 Å². The zero-order valence-corrected chi connectivity index (χ0v) is 18.7. The highest BCUT2D eigenvalue weighted by Crippen LogP contribution is 2.24. The van der Waals surface area contributed by atoms with Crippen molar-refractivity contribution in [3.63, 3.8) is 0 Å². The first-order valence-electron chi connectivity index (χ1n) is 9.86. The third-order valence-electron chi connectivity index (χ3n) is 4.19. The molecule has 0 spiro atoms. The third kappa shape index (κ3) is 7.24. The maximum Gasteiger partial charge on any atom is 0.407 e. The molecule has 1 heterocycles. The summed E-state index contributed by atoms with van der Waals surface area (Å²) in [6, 6.07) is 9.75. The molecule has 0 aliphatic rings. The Morgan fingerprint density at radius 1 is 1.09 bits per heavy atom. The second-order valence-electron chi connectivity index (χ2n) is 8.17. The number of rotatable bonds is 7. The van der Waals surface area contributed by atoms with Crippen LogP contribution in [0.4, 0.5) is 4.79 Å². The van der Waals surface area contributed by atoms with Gasteiger partial charge < -0.3 is 19.7 Å². The number of benzene rings is 1. The van der Waals surface area contributed by atoms with Gasteiger partial charge in [-0.05, 0) is 44.5 Å². The van der Waals surface area contributed by atoms with Crippen LogP contribution in [0.3, 0.4) is 0 Å². The van der Waals surface area contributed by atoms with Gasteiger partial charge in [0.1, 0.15) is 11.4 Å². The van der Waals surface area contributed by atoms with Crippen molar-refractivity contribution >= 4 is 17.9 Å². The lowest BCUT2D eigenvalue weighted by Crippen LogP contribution is -2.39. The van der Waals surface area contributed by atoms with Gasteiger partial charge in [0, 0.05) is 32.9 Å². The number of hydroxylamine groups is 1. The number of likely N-dealkylation sites (N-methyl/N-ethyl adjacent to an activating group) is 1. The van der Waals surface area contributed by atoms with Crippen LogP contribution < -0.4 is 15.5 Å². The Morgan fingerprint density at radius 2 is 1.75 bits per heavy atom. The quantitative estimate of drug-likeness (QED) is 0.442. The summed E-state index contributed by atoms with van der Waals surface area (Å²) in [5, 5.41) is 11.3. The lowest BCUT2D eigenvalue weighted by molar-refractivity contribution is -0.130. The molecule has 2 aromatic rings. The Labute approximate surface area is 186 Å². The van der Waals surface area contributed by atoms with Crippen molar-refractivity contribution in [3.8, 4) is 11.6 Å². The lowest BCUT2D eigenvalue weighted by Gasteiger charge is -2.23. The Balaban J connectivity index is 2.10. The highest BCUT2D eigenvalue weighted by molar-refractivity contribution is 5.93. The standard InChI is InChI=1S/C22H28N4O6/c1-22(2,3)32-21(29)24-13-17(20(28)26(4)5)14-6-9-16(10-7-14)31-18-11-8-15(12-23-18)19(27)25-30/h6-12,17,30H,13H2,1-5H3,(H,24,29)(H,25,27). The number of hydrogen-bond acceptors (Lipinski definition) is 7. The number of aromatic nitrogens is 1. The molecule has 1 unspecified atom stereocenters. The number of ether oxygens (including phenoxy) is 2. The molecule has 0 aliphatic heterocycles. The largest absolute Gasteiger partial charge is 0.444 e. The Hall–Kier alpha value is -3.66. The molecule has 32 heavy (non-hydrogen) atoms. The van der Waals surface area contributed by atoms with Gasteiger partial charge in [-0.15, -0.1) is 0 Å². The number of nitrogens with zero attached hydrogens (tertiary/aromatic N) is 2. The molecule has 3 N–H and O–H groups in total. The number of nitrogens with one attached hydrogen (secondary N) is 2. The first kappa shape index (κ1) is 24.6. The summed E-state index contributed by atoms with van der Waals surface area (Å²) < 4.78 is 10.9. The van der Waals surface area contributed by atoms with Crippen LogP contribution in [-0.4, -0.2) is 59.2 Å². The maximum absolute atomic E-state index is 12.7. The van der Waals surface area contributed by atoms with E-state index in [0.717, 1.165) is 0 Å². The highest BCUT2D eigenvalue weighted by atomic mass is 16.6. The molecule has 2 rings (SSSR count). The third-order valence-corrected chi connectivity index (χ3v) is 4.19. The molecule has 1 aromatic heterocycles. The van der Waals surface area contributed by atoms with E-state index < -0.39 is 23.5 Å². The summed E-state index contributed by atoms with van der Waals surface area (Å²) in [6.45, 7) is 5.36. The first-order valence-corrected chi connectivity index (χ1v) is 9.86. The molecule has 10 nitrogen and oxygen atoms in total. The summed E-state index contributed by atoms with van der Waals surface area (Å²) in [7, 11) is 3.29. The van der Waals surface area contributed by atoms with Crippen LogP contribution in [0, 0.1) is 0 Å². The van der Waals surface area contributed by atoms with Gasteiger partial charge in [0.25, 0.3) is 5.91 Å². The Bertz CT molecular complexity index is 936. The summed E-state index contributed by atoms with van der Waals surface area (Å²) in [4.78, 5) is 41.5. The van der Waals surface area contributed by atoms with Crippen molar-refractivity contribution in [1.29, 1.82) is 0 Å². The van der Waals surface area contributed by atoms with Gasteiger partial charge in [-0.2, -0.15) is 0 Å². The van der Waals surface area contributed by atoms with E-state index in [1.54, 1.807) is 59.1 Å². The van der Waals surface area contributed by atoms with Crippen molar-refractivity contribution < 1.29 is 29.1 Å². The number of pyridine rings is 1. The van der Waals surface area contributed by atoms with Crippen LogP contribution in [0.1, 0.15) is 42.6 Å². The molecular formula is C22H28N4O6. The maximum atomic E-state index is 12.7. The molecule has 1 atom stereocenters. The molecule has 172 valence electrons. The molecular weight excluding hydrogens is 416 g/mol. The summed E-state index contributed by atoms with van der Waals surface area (Å²) in [5.41, 5.74) is 1.76. The van der Waals surface area contributed by atoms with E-state index in [0.29, 0.717) is 11.3 Å². The van der Waals surface area contributed by atoms with Crippen LogP contribution in [0.2, 0.25) is 0 Å². The minimum atomic E-state index is -0.676. The van der Waals surface area contributed by atoms with E-state index in [1.807, 2.05) is 0 Å². The van der Waals surface area contributed by atoms with Crippen LogP contribution in [0.15, 0.2) is 42.6 Å². The van der Waals surface area contributed by atoms with Crippen LogP contribution in [0.5, 0.6) is 11.6 Å². The number of carbonyl (C=O) groups is 3. The van der Waals surface area contributed by atoms with E-state index in [4.69, 9.17) is 14.7 Å². The minimum Gasteiger partial charge on any atom is -0.444 e. The topological polar surface area (TPSA) is 130 Å². The van der Waals surface area contributed by atoms with Gasteiger partial charge in [-0.25, -0.2) is 15.3 Å². The summed E-state index contributed by atoms with van der Waals surface area (Å²) in [6.07, 6.45) is 0.669. The van der Waals surface area contributed by atoms with E-state index in [-0.39, 0.29) is 23.9 Å². The molecule has 0 saturated heterocycles. The zero-order valence-electron chi connectivity index (χ0n) is 18.7. The fourth-order valence-corrected chi connectivity index (χ4v) is 2.69. The fraction of sp³-hybridized carbons (Fsp3) is 0.364. The molecule has 0 bridgehead atoms. The Morgan fingerprint density at radius 3 is 2.25 bits per heavy atom. The average Bonchev–Trinajstić information content (AvgIpc) is 2.73. The van der Waals surface area contributed by atoms with Crippen molar-refractivity contribution in [1.82, 2.24) is 20.7 Å². The second-order valence-corrected chi connectivity index (χ2v) is 8.17. The average molecular weight is 444 g/mol. The predicted octanol–water partition coefficient (Wildman–Crippen LogP) is 2.69. The number of hydrogen-bond donors (Lipinski definition) is 3. The molecule has 1 aromatic carbocycles. The SMILES string of the molecule is CN(C)C(=O)C(CNC(=O)OC(C)(C)C)c1ccc(Oc2ccc(C(=O)NO)cn2)cc1. The van der Waals surface area contributed by atoms with Gasteiger partial charge in [-0.1, -0.05) is 12.1 Å². The van der Waals surface area contributed by atoms with Crippen molar-refractivity contribution in [2.75, 3.05) is 20.6 Å². The summed E-state index contributed by atoms with van der Waals surface area (Å²) >= 11 is 0. The van der Waals surface area contributed by atoms with E-state index in [9.17, 15) is 14.4 Å². The fourth-order valence-electron chi connectivity index (χ4n) is 2.69. The number of alkyl carbamates (subject to hydrolysis) is 1. The molecule has 0 fully saturated rings. The zero-order chi connectivity index (χ0) is 23.9. The minimum absolute atomic E-state index is 0.0715. The normalized spacial score (nSPS) is 11.8. The van der Waals surface area contributed by atoms with Crippen molar-refractivity contribution in [2.24, 2.45) is 0 Å². The van der Waals surface area contributed by atoms with E-state index in [2.05, 4.69) is 10.3 Å². The van der Waals surface area contributed by atoms with Crippen molar-refractivity contribution in [3.05, 3.63) is 53.7 Å². The van der Waals surface area contributed by atoms with Crippen LogP contribution in [0.25, 0.3) is 0 Å². The summed E-state index contributed by atoms with van der Waals surface area (Å²) in [5.74, 6) is -0.739. The van der Waals surface area contributed by atoms with Crippen molar-refractivity contribution in [2.45, 2.75) is 32.3 Å². The van der Waals surface area contributed by atoms with Crippen LogP contribution >= 0.6 is 0 Å². The van der Waals surface area contributed by atoms with Crippen LogP contribution in [-0.2, 0) is 9.53 Å². The smallest absolute Gasteiger partial charge is 0.407 e. The number of amides is 3. The second kappa shape index (κ2) is 10.6. The molecule has 3 amide bonds. The van der Waals surface area contributed by atoms with Gasteiger partial charge >= 0.3 is 6.09 Å². The first-order chi connectivity index (χ1) is 15.0. The van der Waals surface area contributed by atoms with Gasteiger partial charge in [0.05, 0.1) is 11.5 Å². The van der Waals surface area contributed by atoms with E-state index >= 15 is 0 Å². The number of carbonyl (C=O) groups excluding carboxylic acids is 3. The Kier molecular flexibility index (Phi) is 8.14. The highest BCUT2D eigenvalue weighted by Gasteiger charge is 2.24. The molecule has 0 aliphatic carbocycles. The molecule has 0 saturated carbocycles. The predicted molar refractivity (Wildman–Crippen MR) is 116 cm³/mol. The monoisotopic (exact) mass is 444 g/mol.